The Bertz CT molecular complexity index is 850. The van der Waals surface area contributed by atoms with Crippen molar-refractivity contribution in [3.63, 3.8) is 0 Å². The number of amides is 1. The number of nitrogens with one attached hydrogen (secondary N) is 1. The Labute approximate surface area is 162 Å². The summed E-state index contributed by atoms with van der Waals surface area (Å²) in [5.74, 6) is -0.542. The first-order chi connectivity index (χ1) is 13.1. The molecule has 8 heteroatoms. The van der Waals surface area contributed by atoms with Crippen molar-refractivity contribution in [2.75, 3.05) is 19.4 Å². The van der Waals surface area contributed by atoms with Crippen LogP contribution in [0.2, 0.25) is 0 Å². The van der Waals surface area contributed by atoms with Crippen molar-refractivity contribution in [2.24, 2.45) is 0 Å². The monoisotopic (exact) mass is 391 g/mol. The number of ether oxygens (including phenoxy) is 1. The summed E-state index contributed by atoms with van der Waals surface area (Å²) in [6.07, 6.45) is 4.35. The molecule has 0 unspecified atom stereocenters. The Morgan fingerprint density at radius 2 is 2.00 bits per heavy atom. The van der Waals surface area contributed by atoms with Crippen LogP contribution in [-0.4, -0.2) is 40.8 Å². The van der Waals surface area contributed by atoms with E-state index < -0.39 is 5.97 Å². The number of esters is 1. The Morgan fingerprint density at radius 3 is 2.74 bits per heavy atom. The van der Waals surface area contributed by atoms with Gasteiger partial charge in [-0.15, -0.1) is 0 Å². The highest BCUT2D eigenvalue weighted by Gasteiger charge is 2.15. The second-order valence-corrected chi connectivity index (χ2v) is 7.02. The topological polar surface area (TPSA) is 90.3 Å². The molecule has 146 valence electrons. The molecule has 0 saturated heterocycles. The maximum atomic E-state index is 12.7. The van der Waals surface area contributed by atoms with E-state index in [1.165, 1.54) is 11.7 Å². The number of fused-ring (bicyclic) bond motifs is 1. The number of benzene rings is 1. The minimum Gasteiger partial charge on any atom is -0.468 e. The molecule has 7 nitrogen and oxygen atoms in total. The van der Waals surface area contributed by atoms with E-state index in [1.807, 2.05) is 0 Å². The lowest BCUT2D eigenvalue weighted by molar-refractivity contribution is -0.141. The maximum Gasteiger partial charge on any atom is 0.325 e. The molecule has 0 radical (unpaired) electrons. The van der Waals surface area contributed by atoms with Gasteiger partial charge < -0.3 is 10.1 Å². The zero-order valence-corrected chi connectivity index (χ0v) is 16.5. The van der Waals surface area contributed by atoms with Crippen LogP contribution in [0.15, 0.2) is 34.2 Å². The van der Waals surface area contributed by atoms with Crippen LogP contribution in [0.25, 0.3) is 10.9 Å². The number of rotatable bonds is 10. The van der Waals surface area contributed by atoms with Crippen LogP contribution in [0.3, 0.4) is 0 Å². The maximum absolute atomic E-state index is 12.7. The van der Waals surface area contributed by atoms with Crippen LogP contribution in [0, 0.1) is 0 Å². The van der Waals surface area contributed by atoms with Gasteiger partial charge in [-0.2, -0.15) is 0 Å². The number of carbonyl (C=O) groups excluding carboxylic acids is 2. The van der Waals surface area contributed by atoms with Gasteiger partial charge in [0, 0.05) is 6.54 Å². The van der Waals surface area contributed by atoms with Crippen LogP contribution < -0.4 is 10.9 Å². The first kappa shape index (κ1) is 21.0. The Balaban J connectivity index is 2.11. The van der Waals surface area contributed by atoms with Crippen LogP contribution in [0.1, 0.15) is 32.6 Å². The molecule has 1 aromatic heterocycles. The average molecular weight is 391 g/mol. The lowest BCUT2D eigenvalue weighted by Crippen LogP contribution is -2.29. The third-order valence-corrected chi connectivity index (χ3v) is 5.00. The Morgan fingerprint density at radius 1 is 1.22 bits per heavy atom. The minimum atomic E-state index is -0.545. The highest BCUT2D eigenvalue weighted by molar-refractivity contribution is 7.99. The van der Waals surface area contributed by atoms with Gasteiger partial charge in [0.2, 0.25) is 5.91 Å². The van der Waals surface area contributed by atoms with Crippen LogP contribution in [0.5, 0.6) is 0 Å². The van der Waals surface area contributed by atoms with Gasteiger partial charge >= 0.3 is 5.97 Å². The van der Waals surface area contributed by atoms with E-state index >= 15 is 0 Å². The predicted molar refractivity (Wildman–Crippen MR) is 106 cm³/mol. The average Bonchev–Trinajstić information content (AvgIpc) is 2.68. The molecule has 0 atom stereocenters. The molecule has 0 saturated carbocycles. The molecule has 0 spiro atoms. The molecule has 0 fully saturated rings. The fraction of sp³-hybridized carbons (Fsp3) is 0.474. The second-order valence-electron chi connectivity index (χ2n) is 6.08. The molecule has 0 aliphatic heterocycles. The quantitative estimate of drug-likeness (QED) is 0.289. The molecule has 1 aromatic carbocycles. The van der Waals surface area contributed by atoms with Gasteiger partial charge in [0.1, 0.15) is 6.54 Å². The lowest BCUT2D eigenvalue weighted by Gasteiger charge is -2.12. The fourth-order valence-corrected chi connectivity index (χ4v) is 3.38. The van der Waals surface area contributed by atoms with Gasteiger partial charge in [0.05, 0.1) is 23.8 Å². The van der Waals surface area contributed by atoms with Crippen molar-refractivity contribution in [3.8, 4) is 0 Å². The van der Waals surface area contributed by atoms with Crippen LogP contribution in [0.4, 0.5) is 0 Å². The first-order valence-corrected chi connectivity index (χ1v) is 10.0. The summed E-state index contributed by atoms with van der Waals surface area (Å²) < 4.78 is 5.93. The molecule has 0 aliphatic rings. The van der Waals surface area contributed by atoms with Crippen molar-refractivity contribution in [3.05, 3.63) is 34.6 Å². The van der Waals surface area contributed by atoms with E-state index in [0.29, 0.717) is 22.6 Å². The summed E-state index contributed by atoms with van der Waals surface area (Å²) in [6, 6.07) is 6.93. The molecule has 27 heavy (non-hydrogen) atoms. The summed E-state index contributed by atoms with van der Waals surface area (Å²) >= 11 is 1.14. The van der Waals surface area contributed by atoms with Crippen molar-refractivity contribution >= 4 is 34.5 Å². The lowest BCUT2D eigenvalue weighted by atomic mass is 10.2. The Hall–Kier alpha value is -2.35. The molecule has 2 rings (SSSR count). The number of para-hydroxylation sites is 1. The third-order valence-electron chi connectivity index (χ3n) is 4.03. The van der Waals surface area contributed by atoms with Gasteiger partial charge in [0.25, 0.3) is 5.56 Å². The standard InChI is InChI=1S/C19H25N3O4S/c1-3-4-5-8-11-20-16(23)13-27-19-21-15-10-7-6-9-14(15)18(25)22(19)12-17(24)26-2/h6-7,9-10H,3-5,8,11-13H2,1-2H3,(H,20,23). The summed E-state index contributed by atoms with van der Waals surface area (Å²) in [4.78, 5) is 40.9. The summed E-state index contributed by atoms with van der Waals surface area (Å²) in [5, 5.41) is 3.62. The summed E-state index contributed by atoms with van der Waals surface area (Å²) in [5.41, 5.74) is 0.208. The van der Waals surface area contributed by atoms with Crippen molar-refractivity contribution in [2.45, 2.75) is 44.3 Å². The van der Waals surface area contributed by atoms with E-state index in [1.54, 1.807) is 24.3 Å². The molecule has 1 heterocycles. The van der Waals surface area contributed by atoms with E-state index in [0.717, 1.165) is 37.4 Å². The number of hydrogen-bond acceptors (Lipinski definition) is 6. The number of nitrogens with zero attached hydrogens (tertiary/aromatic N) is 2. The predicted octanol–water partition coefficient (Wildman–Crippen LogP) is 2.36. The molecule has 1 N–H and O–H groups in total. The minimum absolute atomic E-state index is 0.122. The number of methoxy groups -OCH3 is 1. The molecule has 1 amide bonds. The smallest absolute Gasteiger partial charge is 0.325 e. The van der Waals surface area contributed by atoms with Gasteiger partial charge in [-0.05, 0) is 18.6 Å². The van der Waals surface area contributed by atoms with Crippen molar-refractivity contribution in [1.29, 1.82) is 0 Å². The SMILES string of the molecule is CCCCCCNC(=O)CSc1nc2ccccc2c(=O)n1CC(=O)OC. The highest BCUT2D eigenvalue weighted by Crippen LogP contribution is 2.17. The molecule has 2 aromatic rings. The summed E-state index contributed by atoms with van der Waals surface area (Å²) in [7, 11) is 1.26. The van der Waals surface area contributed by atoms with Gasteiger partial charge in [-0.1, -0.05) is 50.1 Å². The first-order valence-electron chi connectivity index (χ1n) is 9.02. The van der Waals surface area contributed by atoms with E-state index in [-0.39, 0.29) is 23.8 Å². The molecule has 0 bridgehead atoms. The van der Waals surface area contributed by atoms with Crippen LogP contribution >= 0.6 is 11.8 Å². The number of aromatic nitrogens is 2. The van der Waals surface area contributed by atoms with E-state index in [2.05, 4.69) is 22.0 Å². The van der Waals surface area contributed by atoms with Crippen molar-refractivity contribution < 1.29 is 14.3 Å². The molecular weight excluding hydrogens is 366 g/mol. The molecule has 0 aliphatic carbocycles. The fourth-order valence-electron chi connectivity index (χ4n) is 2.55. The Kier molecular flexibility index (Phi) is 8.32. The van der Waals surface area contributed by atoms with E-state index in [4.69, 9.17) is 0 Å². The number of thioether (sulfide) groups is 1. The highest BCUT2D eigenvalue weighted by atomic mass is 32.2. The van der Waals surface area contributed by atoms with Gasteiger partial charge in [-0.25, -0.2) is 4.98 Å². The zero-order valence-electron chi connectivity index (χ0n) is 15.7. The van der Waals surface area contributed by atoms with E-state index in [9.17, 15) is 14.4 Å². The summed E-state index contributed by atoms with van der Waals surface area (Å²) in [6.45, 7) is 2.54. The number of hydrogen-bond donors (Lipinski definition) is 1. The second kappa shape index (κ2) is 10.7. The van der Waals surface area contributed by atoms with Crippen molar-refractivity contribution in [1.82, 2.24) is 14.9 Å². The number of unbranched alkanes of at least 4 members (excludes halogenated alkanes) is 3. The van der Waals surface area contributed by atoms with Crippen LogP contribution in [-0.2, 0) is 20.9 Å². The number of carbonyl (C=O) groups is 2. The zero-order chi connectivity index (χ0) is 19.6. The normalized spacial score (nSPS) is 10.7. The third kappa shape index (κ3) is 6.09. The van der Waals surface area contributed by atoms with Gasteiger partial charge in [0.15, 0.2) is 5.16 Å². The van der Waals surface area contributed by atoms with Gasteiger partial charge in [-0.3, -0.25) is 19.0 Å². The largest absolute Gasteiger partial charge is 0.468 e. The molecular formula is C19H25N3O4S.